The van der Waals surface area contributed by atoms with Crippen LogP contribution in [0.15, 0.2) is 48.5 Å². The first kappa shape index (κ1) is 14.9. The molecule has 0 amide bonds. The van der Waals surface area contributed by atoms with Gasteiger partial charge in [0.15, 0.2) is 0 Å². The lowest BCUT2D eigenvalue weighted by Crippen LogP contribution is -2.26. The zero-order valence-electron chi connectivity index (χ0n) is 11.4. The van der Waals surface area contributed by atoms with Crippen LogP contribution in [-0.2, 0) is 0 Å². The van der Waals surface area contributed by atoms with Crippen LogP contribution in [0.2, 0.25) is 0 Å². The maximum Gasteiger partial charge on any atom is 0.123 e. The zero-order chi connectivity index (χ0) is 15.1. The van der Waals surface area contributed by atoms with E-state index in [1.807, 2.05) is 24.3 Å². The number of terminal acetylenes is 1. The summed E-state index contributed by atoms with van der Waals surface area (Å²) < 4.78 is 18.1. The van der Waals surface area contributed by atoms with Gasteiger partial charge in [-0.1, -0.05) is 12.0 Å². The Morgan fingerprint density at radius 3 is 2.71 bits per heavy atom. The minimum atomic E-state index is -0.690. The standard InChI is InChI=1S/C17H16FNO2/c1-2-13-4-3-5-15(10-13)19-11-16(20)12-21-17-8-6-14(18)7-9-17/h1,3-10,16,19-20H,11-12H2. The molecular weight excluding hydrogens is 269 g/mol. The number of ether oxygens (including phenoxy) is 1. The molecule has 0 bridgehead atoms. The molecular formula is C17H16FNO2. The number of halogens is 1. The normalized spacial score (nSPS) is 11.5. The molecule has 0 radical (unpaired) electrons. The van der Waals surface area contributed by atoms with Crippen LogP contribution < -0.4 is 10.1 Å². The molecule has 1 unspecified atom stereocenters. The van der Waals surface area contributed by atoms with Gasteiger partial charge >= 0.3 is 0 Å². The predicted molar refractivity (Wildman–Crippen MR) is 80.8 cm³/mol. The fourth-order valence-electron chi connectivity index (χ4n) is 1.74. The largest absolute Gasteiger partial charge is 0.491 e. The summed E-state index contributed by atoms with van der Waals surface area (Å²) in [6.07, 6.45) is 4.63. The smallest absolute Gasteiger partial charge is 0.123 e. The Kier molecular flexibility index (Phi) is 5.19. The third-order valence-corrected chi connectivity index (χ3v) is 2.83. The SMILES string of the molecule is C#Cc1cccc(NCC(O)COc2ccc(F)cc2)c1. The van der Waals surface area contributed by atoms with Crippen LogP contribution in [0.3, 0.4) is 0 Å². The summed E-state index contributed by atoms with van der Waals surface area (Å²) >= 11 is 0. The van der Waals surface area contributed by atoms with Crippen molar-refractivity contribution in [2.75, 3.05) is 18.5 Å². The lowest BCUT2D eigenvalue weighted by Gasteiger charge is -2.14. The molecule has 4 heteroatoms. The van der Waals surface area contributed by atoms with Crippen LogP contribution in [0.1, 0.15) is 5.56 Å². The van der Waals surface area contributed by atoms with Crippen molar-refractivity contribution in [2.24, 2.45) is 0 Å². The van der Waals surface area contributed by atoms with E-state index in [9.17, 15) is 9.50 Å². The van der Waals surface area contributed by atoms with Crippen molar-refractivity contribution >= 4 is 5.69 Å². The van der Waals surface area contributed by atoms with E-state index in [2.05, 4.69) is 11.2 Å². The Balaban J connectivity index is 1.78. The van der Waals surface area contributed by atoms with Crippen LogP contribution in [0.4, 0.5) is 10.1 Å². The highest BCUT2D eigenvalue weighted by Gasteiger charge is 2.05. The summed E-state index contributed by atoms with van der Waals surface area (Å²) in [5.74, 6) is 2.75. The Hall–Kier alpha value is -2.51. The van der Waals surface area contributed by atoms with Gasteiger partial charge in [-0.05, 0) is 42.5 Å². The highest BCUT2D eigenvalue weighted by atomic mass is 19.1. The van der Waals surface area contributed by atoms with E-state index in [4.69, 9.17) is 11.2 Å². The average Bonchev–Trinajstić information content (AvgIpc) is 2.52. The molecule has 1 atom stereocenters. The lowest BCUT2D eigenvalue weighted by atomic mass is 10.2. The molecule has 0 aliphatic carbocycles. The molecule has 21 heavy (non-hydrogen) atoms. The van der Waals surface area contributed by atoms with Crippen molar-refractivity contribution in [2.45, 2.75) is 6.10 Å². The van der Waals surface area contributed by atoms with Crippen molar-refractivity contribution < 1.29 is 14.2 Å². The molecule has 0 aliphatic rings. The van der Waals surface area contributed by atoms with E-state index in [0.29, 0.717) is 12.3 Å². The highest BCUT2D eigenvalue weighted by Crippen LogP contribution is 2.12. The molecule has 3 nitrogen and oxygen atoms in total. The molecule has 0 saturated heterocycles. The Morgan fingerprint density at radius 1 is 1.24 bits per heavy atom. The second kappa shape index (κ2) is 7.32. The molecule has 108 valence electrons. The summed E-state index contributed by atoms with van der Waals surface area (Å²) in [6, 6.07) is 13.0. The molecule has 0 saturated carbocycles. The van der Waals surface area contributed by atoms with E-state index >= 15 is 0 Å². The summed E-state index contributed by atoms with van der Waals surface area (Å²) in [5, 5.41) is 12.9. The monoisotopic (exact) mass is 285 g/mol. The minimum Gasteiger partial charge on any atom is -0.491 e. The molecule has 0 heterocycles. The van der Waals surface area contributed by atoms with Gasteiger partial charge in [0.1, 0.15) is 24.3 Å². The van der Waals surface area contributed by atoms with Crippen LogP contribution in [0, 0.1) is 18.2 Å². The Labute approximate surface area is 123 Å². The van der Waals surface area contributed by atoms with E-state index in [-0.39, 0.29) is 12.4 Å². The van der Waals surface area contributed by atoms with Gasteiger partial charge in [0.2, 0.25) is 0 Å². The van der Waals surface area contributed by atoms with E-state index in [0.717, 1.165) is 11.3 Å². The van der Waals surface area contributed by atoms with Crippen molar-refractivity contribution in [1.29, 1.82) is 0 Å². The maximum atomic E-state index is 12.7. The number of hydrogen-bond acceptors (Lipinski definition) is 3. The summed E-state index contributed by atoms with van der Waals surface area (Å²) in [5.41, 5.74) is 1.61. The molecule has 0 fully saturated rings. The maximum absolute atomic E-state index is 12.7. The van der Waals surface area contributed by atoms with E-state index in [1.54, 1.807) is 0 Å². The van der Waals surface area contributed by atoms with Crippen molar-refractivity contribution in [1.82, 2.24) is 0 Å². The molecule has 0 spiro atoms. The van der Waals surface area contributed by atoms with Crippen LogP contribution >= 0.6 is 0 Å². The van der Waals surface area contributed by atoms with Gasteiger partial charge in [-0.25, -0.2) is 4.39 Å². The van der Waals surface area contributed by atoms with Crippen LogP contribution in [-0.4, -0.2) is 24.4 Å². The number of aliphatic hydroxyl groups excluding tert-OH is 1. The van der Waals surface area contributed by atoms with Crippen molar-refractivity contribution in [3.8, 4) is 18.1 Å². The molecule has 0 aliphatic heterocycles. The van der Waals surface area contributed by atoms with Gasteiger partial charge in [-0.3, -0.25) is 0 Å². The number of rotatable bonds is 6. The first-order valence-corrected chi connectivity index (χ1v) is 6.54. The summed E-state index contributed by atoms with van der Waals surface area (Å²) in [7, 11) is 0. The van der Waals surface area contributed by atoms with Gasteiger partial charge < -0.3 is 15.2 Å². The van der Waals surface area contributed by atoms with Gasteiger partial charge in [0.05, 0.1) is 0 Å². The Bertz CT molecular complexity index is 619. The number of anilines is 1. The molecule has 2 rings (SSSR count). The van der Waals surface area contributed by atoms with Crippen LogP contribution in [0.25, 0.3) is 0 Å². The van der Waals surface area contributed by atoms with Gasteiger partial charge in [-0.15, -0.1) is 6.42 Å². The molecule has 2 aromatic rings. The van der Waals surface area contributed by atoms with Crippen molar-refractivity contribution in [3.05, 3.63) is 59.9 Å². The number of benzene rings is 2. The number of nitrogens with one attached hydrogen (secondary N) is 1. The third-order valence-electron chi connectivity index (χ3n) is 2.83. The Morgan fingerprint density at radius 2 is 2.00 bits per heavy atom. The van der Waals surface area contributed by atoms with Gasteiger partial charge in [-0.2, -0.15) is 0 Å². The lowest BCUT2D eigenvalue weighted by molar-refractivity contribution is 0.117. The molecule has 0 aromatic heterocycles. The quantitative estimate of drug-likeness (QED) is 0.802. The highest BCUT2D eigenvalue weighted by molar-refractivity contribution is 5.49. The van der Waals surface area contributed by atoms with Crippen molar-refractivity contribution in [3.63, 3.8) is 0 Å². The topological polar surface area (TPSA) is 41.5 Å². The molecule has 2 N–H and O–H groups in total. The molecule has 2 aromatic carbocycles. The average molecular weight is 285 g/mol. The van der Waals surface area contributed by atoms with E-state index < -0.39 is 6.10 Å². The second-order valence-electron chi connectivity index (χ2n) is 4.52. The fraction of sp³-hybridized carbons (Fsp3) is 0.176. The van der Waals surface area contributed by atoms with Gasteiger partial charge in [0.25, 0.3) is 0 Å². The zero-order valence-corrected chi connectivity index (χ0v) is 11.4. The first-order chi connectivity index (χ1) is 10.2. The predicted octanol–water partition coefficient (Wildman–Crippen LogP) is 2.66. The summed E-state index contributed by atoms with van der Waals surface area (Å²) in [6.45, 7) is 0.447. The van der Waals surface area contributed by atoms with Gasteiger partial charge in [0, 0.05) is 17.8 Å². The summed E-state index contributed by atoms with van der Waals surface area (Å²) in [4.78, 5) is 0. The van der Waals surface area contributed by atoms with E-state index in [1.165, 1.54) is 24.3 Å². The van der Waals surface area contributed by atoms with Crippen LogP contribution in [0.5, 0.6) is 5.75 Å². The minimum absolute atomic E-state index is 0.119. The number of hydrogen-bond donors (Lipinski definition) is 2. The fourth-order valence-corrected chi connectivity index (χ4v) is 1.74. The first-order valence-electron chi connectivity index (χ1n) is 6.54. The number of aliphatic hydroxyl groups is 1. The third kappa shape index (κ3) is 4.83. The second-order valence-corrected chi connectivity index (χ2v) is 4.52.